The second-order valence-corrected chi connectivity index (χ2v) is 4.70. The fraction of sp³-hybridized carbons (Fsp3) is 0.0769. The van der Waals surface area contributed by atoms with Crippen LogP contribution in [-0.4, -0.2) is 15.8 Å². The molecule has 84 valence electrons. The van der Waals surface area contributed by atoms with Crippen molar-refractivity contribution >= 4 is 27.7 Å². The summed E-state index contributed by atoms with van der Waals surface area (Å²) in [6, 6.07) is 8.29. The fourth-order valence-corrected chi connectivity index (χ4v) is 2.87. The molecular formula is C13H10N2OS. The monoisotopic (exact) mass is 242 g/mol. The highest BCUT2D eigenvalue weighted by molar-refractivity contribution is 7.17. The van der Waals surface area contributed by atoms with Crippen molar-refractivity contribution in [3.63, 3.8) is 0 Å². The summed E-state index contributed by atoms with van der Waals surface area (Å²) in [5, 5.41) is 3.39. The molecule has 0 N–H and O–H groups in total. The molecule has 0 spiro atoms. The molecule has 3 nitrogen and oxygen atoms in total. The Kier molecular flexibility index (Phi) is 2.49. The number of nitrogens with zero attached hydrogens (tertiary/aromatic N) is 2. The maximum Gasteiger partial charge on any atom is 0.185 e. The van der Waals surface area contributed by atoms with Crippen molar-refractivity contribution in [2.45, 2.75) is 6.54 Å². The third-order valence-corrected chi connectivity index (χ3v) is 3.77. The number of rotatable bonds is 3. The van der Waals surface area contributed by atoms with Gasteiger partial charge in [-0.05, 0) is 22.4 Å². The van der Waals surface area contributed by atoms with E-state index in [-0.39, 0.29) is 0 Å². The quantitative estimate of drug-likeness (QED) is 0.662. The van der Waals surface area contributed by atoms with Crippen LogP contribution in [0.3, 0.4) is 0 Å². The molecule has 3 rings (SSSR count). The van der Waals surface area contributed by atoms with Crippen molar-refractivity contribution in [2.75, 3.05) is 0 Å². The van der Waals surface area contributed by atoms with Gasteiger partial charge in [0.25, 0.3) is 0 Å². The molecule has 0 atom stereocenters. The van der Waals surface area contributed by atoms with Gasteiger partial charge in [-0.15, -0.1) is 11.3 Å². The molecule has 2 aromatic heterocycles. The first kappa shape index (κ1) is 10.2. The Labute approximate surface area is 102 Å². The van der Waals surface area contributed by atoms with Gasteiger partial charge in [0.15, 0.2) is 12.1 Å². The van der Waals surface area contributed by atoms with Crippen LogP contribution in [0.1, 0.15) is 16.2 Å². The number of hydrogen-bond acceptors (Lipinski definition) is 3. The highest BCUT2D eigenvalue weighted by atomic mass is 32.1. The van der Waals surface area contributed by atoms with Gasteiger partial charge in [-0.1, -0.05) is 18.2 Å². The van der Waals surface area contributed by atoms with Crippen molar-refractivity contribution in [2.24, 2.45) is 0 Å². The number of hydrogen-bond donors (Lipinski definition) is 0. The van der Waals surface area contributed by atoms with E-state index in [1.165, 1.54) is 15.6 Å². The number of fused-ring (bicyclic) bond motifs is 1. The zero-order valence-corrected chi connectivity index (χ0v) is 9.85. The average molecular weight is 242 g/mol. The molecule has 0 fully saturated rings. The van der Waals surface area contributed by atoms with Gasteiger partial charge in [-0.2, -0.15) is 0 Å². The molecule has 0 saturated carbocycles. The molecule has 0 unspecified atom stereocenters. The molecule has 0 radical (unpaired) electrons. The SMILES string of the molecule is O=Cc1nccn1Cc1csc2ccccc12. The molecule has 0 aliphatic heterocycles. The standard InChI is InChI=1S/C13H10N2OS/c16-8-13-14-5-6-15(13)7-10-9-17-12-4-2-1-3-11(10)12/h1-6,8-9H,7H2. The average Bonchev–Trinajstić information content (AvgIpc) is 2.97. The molecular weight excluding hydrogens is 232 g/mol. The number of thiophene rings is 1. The van der Waals surface area contributed by atoms with E-state index in [9.17, 15) is 4.79 Å². The van der Waals surface area contributed by atoms with Crippen molar-refractivity contribution in [1.82, 2.24) is 9.55 Å². The molecule has 3 aromatic rings. The maximum atomic E-state index is 10.8. The first-order valence-electron chi connectivity index (χ1n) is 5.30. The van der Waals surface area contributed by atoms with Gasteiger partial charge < -0.3 is 4.57 Å². The van der Waals surface area contributed by atoms with Crippen molar-refractivity contribution < 1.29 is 4.79 Å². The number of aromatic nitrogens is 2. The number of benzene rings is 1. The van der Waals surface area contributed by atoms with E-state index >= 15 is 0 Å². The lowest BCUT2D eigenvalue weighted by Gasteiger charge is -2.02. The molecule has 1 aromatic carbocycles. The van der Waals surface area contributed by atoms with Crippen LogP contribution in [0.2, 0.25) is 0 Å². The van der Waals surface area contributed by atoms with Crippen molar-refractivity contribution in [3.8, 4) is 0 Å². The van der Waals surface area contributed by atoms with Gasteiger partial charge in [0.1, 0.15) is 0 Å². The number of carbonyl (C=O) groups excluding carboxylic acids is 1. The third-order valence-electron chi connectivity index (χ3n) is 2.75. The lowest BCUT2D eigenvalue weighted by Crippen LogP contribution is -2.02. The Hall–Kier alpha value is -1.94. The summed E-state index contributed by atoms with van der Waals surface area (Å²) in [6.07, 6.45) is 4.27. The predicted octanol–water partition coefficient (Wildman–Crippen LogP) is 2.96. The van der Waals surface area contributed by atoms with Crippen LogP contribution in [-0.2, 0) is 6.54 Å². The van der Waals surface area contributed by atoms with E-state index in [1.54, 1.807) is 17.5 Å². The topological polar surface area (TPSA) is 34.9 Å². The maximum absolute atomic E-state index is 10.8. The number of carbonyl (C=O) groups is 1. The summed E-state index contributed by atoms with van der Waals surface area (Å²) >= 11 is 1.73. The van der Waals surface area contributed by atoms with Crippen LogP contribution in [0.4, 0.5) is 0 Å². The third kappa shape index (κ3) is 1.76. The van der Waals surface area contributed by atoms with Crippen LogP contribution in [0, 0.1) is 0 Å². The molecule has 0 aliphatic carbocycles. The van der Waals surface area contributed by atoms with E-state index in [2.05, 4.69) is 22.5 Å². The number of imidazole rings is 1. The summed E-state index contributed by atoms with van der Waals surface area (Å²) in [6.45, 7) is 0.693. The summed E-state index contributed by atoms with van der Waals surface area (Å²) in [5.41, 5.74) is 1.23. The molecule has 0 bridgehead atoms. The van der Waals surface area contributed by atoms with Crippen molar-refractivity contribution in [3.05, 3.63) is 53.4 Å². The lowest BCUT2D eigenvalue weighted by atomic mass is 10.2. The van der Waals surface area contributed by atoms with Gasteiger partial charge >= 0.3 is 0 Å². The predicted molar refractivity (Wildman–Crippen MR) is 68.5 cm³/mol. The Morgan fingerprint density at radius 2 is 2.24 bits per heavy atom. The zero-order chi connectivity index (χ0) is 11.7. The zero-order valence-electron chi connectivity index (χ0n) is 9.04. The molecule has 0 aliphatic rings. The minimum absolute atomic E-state index is 0.472. The summed E-state index contributed by atoms with van der Waals surface area (Å²) < 4.78 is 3.14. The number of aldehydes is 1. The van der Waals surface area contributed by atoms with E-state index in [0.717, 1.165) is 6.29 Å². The van der Waals surface area contributed by atoms with E-state index in [1.807, 2.05) is 22.9 Å². The lowest BCUT2D eigenvalue weighted by molar-refractivity contribution is 0.111. The van der Waals surface area contributed by atoms with Crippen LogP contribution in [0.25, 0.3) is 10.1 Å². The molecule has 2 heterocycles. The normalized spacial score (nSPS) is 10.8. The second kappa shape index (κ2) is 4.14. The van der Waals surface area contributed by atoms with Crippen LogP contribution in [0.5, 0.6) is 0 Å². The van der Waals surface area contributed by atoms with Gasteiger partial charge in [-0.3, -0.25) is 4.79 Å². The largest absolute Gasteiger partial charge is 0.324 e. The van der Waals surface area contributed by atoms with Crippen LogP contribution in [0.15, 0.2) is 42.0 Å². The van der Waals surface area contributed by atoms with E-state index in [0.29, 0.717) is 12.4 Å². The Morgan fingerprint density at radius 1 is 1.35 bits per heavy atom. The fourth-order valence-electron chi connectivity index (χ4n) is 1.91. The van der Waals surface area contributed by atoms with Gasteiger partial charge in [0, 0.05) is 17.1 Å². The highest BCUT2D eigenvalue weighted by Gasteiger charge is 2.06. The highest BCUT2D eigenvalue weighted by Crippen LogP contribution is 2.26. The first-order chi connectivity index (χ1) is 8.38. The minimum atomic E-state index is 0.472. The summed E-state index contributed by atoms with van der Waals surface area (Å²) in [5.74, 6) is 0.472. The second-order valence-electron chi connectivity index (χ2n) is 3.79. The van der Waals surface area contributed by atoms with Gasteiger partial charge in [0.2, 0.25) is 0 Å². The smallest absolute Gasteiger partial charge is 0.185 e. The Bertz CT molecular complexity index is 669. The summed E-state index contributed by atoms with van der Waals surface area (Å²) in [4.78, 5) is 14.8. The van der Waals surface area contributed by atoms with E-state index < -0.39 is 0 Å². The first-order valence-corrected chi connectivity index (χ1v) is 6.18. The minimum Gasteiger partial charge on any atom is -0.324 e. The van der Waals surface area contributed by atoms with Crippen LogP contribution >= 0.6 is 11.3 Å². The molecule has 4 heteroatoms. The Balaban J connectivity index is 2.03. The Morgan fingerprint density at radius 3 is 3.12 bits per heavy atom. The summed E-state index contributed by atoms with van der Waals surface area (Å²) in [7, 11) is 0. The molecule has 17 heavy (non-hydrogen) atoms. The van der Waals surface area contributed by atoms with Crippen molar-refractivity contribution in [1.29, 1.82) is 0 Å². The van der Waals surface area contributed by atoms with E-state index in [4.69, 9.17) is 0 Å². The molecule has 0 saturated heterocycles. The molecule has 0 amide bonds. The van der Waals surface area contributed by atoms with Crippen LogP contribution < -0.4 is 0 Å². The van der Waals surface area contributed by atoms with Gasteiger partial charge in [-0.25, -0.2) is 4.98 Å². The van der Waals surface area contributed by atoms with Gasteiger partial charge in [0.05, 0.1) is 6.54 Å².